The summed E-state index contributed by atoms with van der Waals surface area (Å²) in [5, 5.41) is 2.96. The molecule has 166 valence electrons. The number of nitrogens with zero attached hydrogens (tertiary/aromatic N) is 2. The highest BCUT2D eigenvalue weighted by atomic mass is 35.5. The van der Waals surface area contributed by atoms with Crippen molar-refractivity contribution in [3.8, 4) is 0 Å². The van der Waals surface area contributed by atoms with Gasteiger partial charge in [-0.1, -0.05) is 23.2 Å². The lowest BCUT2D eigenvalue weighted by Crippen LogP contribution is -2.52. The monoisotopic (exact) mass is 491 g/mol. The molecule has 0 saturated carbocycles. The molecule has 0 aliphatic carbocycles. The topological polar surface area (TPSA) is 86.8 Å². The lowest BCUT2D eigenvalue weighted by Gasteiger charge is -2.34. The third kappa shape index (κ3) is 5.32. The van der Waals surface area contributed by atoms with Gasteiger partial charge in [-0.2, -0.15) is 4.31 Å². The summed E-state index contributed by atoms with van der Waals surface area (Å²) >= 11 is 11.8. The van der Waals surface area contributed by atoms with Crippen molar-refractivity contribution in [1.82, 2.24) is 14.5 Å². The maximum Gasteiger partial charge on any atom is 0.253 e. The fraction of sp³-hybridized carbons (Fsp3) is 0.263. The second-order valence-electron chi connectivity index (χ2n) is 6.67. The van der Waals surface area contributed by atoms with Crippen LogP contribution in [0.25, 0.3) is 0 Å². The zero-order chi connectivity index (χ0) is 22.8. The van der Waals surface area contributed by atoms with E-state index in [2.05, 4.69) is 5.32 Å². The number of sulfonamides is 1. The van der Waals surface area contributed by atoms with E-state index < -0.39 is 38.4 Å². The van der Waals surface area contributed by atoms with Gasteiger partial charge in [0.05, 0.1) is 17.1 Å². The van der Waals surface area contributed by atoms with Gasteiger partial charge in [-0.15, -0.1) is 0 Å². The van der Waals surface area contributed by atoms with Crippen molar-refractivity contribution in [1.29, 1.82) is 0 Å². The minimum atomic E-state index is -4.25. The Morgan fingerprint density at radius 1 is 1.00 bits per heavy atom. The Balaban J connectivity index is 1.57. The van der Waals surface area contributed by atoms with Crippen LogP contribution in [0.1, 0.15) is 10.4 Å². The van der Waals surface area contributed by atoms with Crippen LogP contribution in [0.5, 0.6) is 0 Å². The van der Waals surface area contributed by atoms with E-state index in [1.807, 2.05) is 0 Å². The number of hydrogen-bond donors (Lipinski definition) is 1. The smallest absolute Gasteiger partial charge is 0.253 e. The SMILES string of the molecule is O=C(NCC(=O)N1CCN(S(=O)(=O)c2cc(F)ccc2F)CC1)c1ccc(Cl)cc1Cl. The van der Waals surface area contributed by atoms with Crippen molar-refractivity contribution in [2.45, 2.75) is 4.90 Å². The van der Waals surface area contributed by atoms with Crippen LogP contribution in [0, 0.1) is 11.6 Å². The first-order valence-electron chi connectivity index (χ1n) is 9.06. The predicted octanol–water partition coefficient (Wildman–Crippen LogP) is 2.53. The average Bonchev–Trinajstić information content (AvgIpc) is 2.73. The van der Waals surface area contributed by atoms with Gasteiger partial charge in [0.2, 0.25) is 15.9 Å². The maximum atomic E-state index is 13.9. The van der Waals surface area contributed by atoms with Crippen LogP contribution in [-0.2, 0) is 14.8 Å². The number of halogens is 4. The first-order chi connectivity index (χ1) is 14.6. The second kappa shape index (κ2) is 9.47. The van der Waals surface area contributed by atoms with E-state index in [1.165, 1.54) is 23.1 Å². The molecule has 0 atom stereocenters. The molecule has 2 aromatic rings. The molecule has 1 saturated heterocycles. The number of piperazine rings is 1. The molecule has 2 aromatic carbocycles. The molecule has 3 rings (SSSR count). The summed E-state index contributed by atoms with van der Waals surface area (Å²) in [7, 11) is -4.25. The lowest BCUT2D eigenvalue weighted by molar-refractivity contribution is -0.131. The Bertz CT molecular complexity index is 1120. The van der Waals surface area contributed by atoms with E-state index >= 15 is 0 Å². The van der Waals surface area contributed by atoms with Gasteiger partial charge < -0.3 is 10.2 Å². The van der Waals surface area contributed by atoms with E-state index in [4.69, 9.17) is 23.2 Å². The van der Waals surface area contributed by atoms with Crippen LogP contribution in [-0.4, -0.2) is 62.2 Å². The van der Waals surface area contributed by atoms with Crippen LogP contribution in [0.4, 0.5) is 8.78 Å². The van der Waals surface area contributed by atoms with Gasteiger partial charge in [0.25, 0.3) is 5.91 Å². The fourth-order valence-corrected chi connectivity index (χ4v) is 5.02. The Hall–Kier alpha value is -2.27. The zero-order valence-corrected chi connectivity index (χ0v) is 18.3. The molecule has 2 amide bonds. The molecule has 1 aliphatic heterocycles. The van der Waals surface area contributed by atoms with Crippen molar-refractivity contribution in [2.24, 2.45) is 0 Å². The molecular formula is C19H17Cl2F2N3O4S. The van der Waals surface area contributed by atoms with Gasteiger partial charge in [-0.3, -0.25) is 9.59 Å². The van der Waals surface area contributed by atoms with Crippen molar-refractivity contribution in [3.63, 3.8) is 0 Å². The molecule has 0 radical (unpaired) electrons. The highest BCUT2D eigenvalue weighted by molar-refractivity contribution is 7.89. The minimum absolute atomic E-state index is 0.0343. The van der Waals surface area contributed by atoms with Crippen molar-refractivity contribution >= 4 is 45.0 Å². The van der Waals surface area contributed by atoms with Crippen LogP contribution in [0.15, 0.2) is 41.3 Å². The second-order valence-corrected chi connectivity index (χ2v) is 9.42. The van der Waals surface area contributed by atoms with E-state index in [1.54, 1.807) is 0 Å². The minimum Gasteiger partial charge on any atom is -0.343 e. The molecule has 0 aromatic heterocycles. The van der Waals surface area contributed by atoms with Gasteiger partial charge in [0.15, 0.2) is 0 Å². The Morgan fingerprint density at radius 2 is 1.68 bits per heavy atom. The number of carbonyl (C=O) groups is 2. The number of rotatable bonds is 5. The number of carbonyl (C=O) groups excluding carboxylic acids is 2. The Labute approximate surface area is 187 Å². The van der Waals surface area contributed by atoms with Crippen LogP contribution >= 0.6 is 23.2 Å². The zero-order valence-electron chi connectivity index (χ0n) is 15.9. The standard InChI is InChI=1S/C19H17Cl2F2N3O4S/c20-12-1-3-14(15(21)9-12)19(28)24-11-18(27)25-5-7-26(8-6-25)31(29,30)17-10-13(22)2-4-16(17)23/h1-4,9-10H,5-8,11H2,(H,24,28). The summed E-state index contributed by atoms with van der Waals surface area (Å²) in [6.45, 7) is -0.440. The first-order valence-corrected chi connectivity index (χ1v) is 11.3. The lowest BCUT2D eigenvalue weighted by atomic mass is 10.2. The molecule has 0 bridgehead atoms. The molecule has 0 spiro atoms. The summed E-state index contributed by atoms with van der Waals surface area (Å²) in [6, 6.07) is 6.53. The first kappa shape index (κ1) is 23.4. The van der Waals surface area contributed by atoms with Gasteiger partial charge in [0.1, 0.15) is 16.5 Å². The fourth-order valence-electron chi connectivity index (χ4n) is 3.03. The third-order valence-corrected chi connectivity index (χ3v) is 7.14. The summed E-state index contributed by atoms with van der Waals surface area (Å²) in [6.07, 6.45) is 0. The molecule has 1 heterocycles. The Morgan fingerprint density at radius 3 is 2.32 bits per heavy atom. The number of nitrogens with one attached hydrogen (secondary N) is 1. The summed E-state index contributed by atoms with van der Waals surface area (Å²) in [5.41, 5.74) is 0.159. The van der Waals surface area contributed by atoms with Crippen molar-refractivity contribution in [2.75, 3.05) is 32.7 Å². The number of hydrogen-bond acceptors (Lipinski definition) is 4. The molecule has 0 unspecified atom stereocenters. The van der Waals surface area contributed by atoms with Crippen LogP contribution < -0.4 is 5.32 Å². The van der Waals surface area contributed by atoms with Gasteiger partial charge in [-0.05, 0) is 36.4 Å². The van der Waals surface area contributed by atoms with Gasteiger partial charge in [0, 0.05) is 31.2 Å². The maximum absolute atomic E-state index is 13.9. The van der Waals surface area contributed by atoms with Crippen molar-refractivity contribution < 1.29 is 26.8 Å². The largest absolute Gasteiger partial charge is 0.343 e. The quantitative estimate of drug-likeness (QED) is 0.696. The van der Waals surface area contributed by atoms with Crippen LogP contribution in [0.2, 0.25) is 10.0 Å². The van der Waals surface area contributed by atoms with Crippen molar-refractivity contribution in [3.05, 3.63) is 63.6 Å². The highest BCUT2D eigenvalue weighted by Crippen LogP contribution is 2.22. The Kier molecular flexibility index (Phi) is 7.15. The number of amides is 2. The molecule has 7 nitrogen and oxygen atoms in total. The van der Waals surface area contributed by atoms with E-state index in [9.17, 15) is 26.8 Å². The van der Waals surface area contributed by atoms with E-state index in [0.717, 1.165) is 16.4 Å². The summed E-state index contributed by atoms with van der Waals surface area (Å²) in [4.78, 5) is 25.2. The molecule has 1 fully saturated rings. The molecule has 31 heavy (non-hydrogen) atoms. The van der Waals surface area contributed by atoms with Gasteiger partial charge >= 0.3 is 0 Å². The summed E-state index contributed by atoms with van der Waals surface area (Å²) in [5.74, 6) is -2.90. The third-order valence-electron chi connectivity index (χ3n) is 4.68. The average molecular weight is 492 g/mol. The molecule has 1 N–H and O–H groups in total. The number of benzene rings is 2. The summed E-state index contributed by atoms with van der Waals surface area (Å²) < 4.78 is 53.5. The highest BCUT2D eigenvalue weighted by Gasteiger charge is 2.32. The predicted molar refractivity (Wildman–Crippen MR) is 110 cm³/mol. The van der Waals surface area contributed by atoms with Gasteiger partial charge in [-0.25, -0.2) is 17.2 Å². The van der Waals surface area contributed by atoms with E-state index in [0.29, 0.717) is 11.1 Å². The molecule has 1 aliphatic rings. The normalized spacial score (nSPS) is 15.0. The molecule has 12 heteroatoms. The molecular weight excluding hydrogens is 475 g/mol. The van der Waals surface area contributed by atoms with E-state index in [-0.39, 0.29) is 43.3 Å². The van der Waals surface area contributed by atoms with Crippen LogP contribution in [0.3, 0.4) is 0 Å².